The van der Waals surface area contributed by atoms with Crippen molar-refractivity contribution in [2.75, 3.05) is 24.1 Å². The number of ether oxygens (including phenoxy) is 3. The molecule has 2 atom stereocenters. The SMILES string of the molecule is CCOC(=O)C[C@H]1C[C@@H](C=Cc2c(-c3ccc(F)cc3)nc(NCS(C)(=O)=O)nc2C(C)C)OC(C)(C)O1. The number of aromatic nitrogens is 2. The van der Waals surface area contributed by atoms with Crippen LogP contribution in [0.2, 0.25) is 0 Å². The third kappa shape index (κ3) is 8.57. The maximum absolute atomic E-state index is 13.7. The topological polar surface area (TPSA) is 117 Å². The number of carbonyl (C=O) groups is 1. The lowest BCUT2D eigenvalue weighted by molar-refractivity contribution is -0.290. The molecule has 208 valence electrons. The maximum Gasteiger partial charge on any atom is 0.308 e. The molecular formula is C27H36FN3O6S. The van der Waals surface area contributed by atoms with Crippen molar-refractivity contribution < 1.29 is 31.8 Å². The Balaban J connectivity index is 2.01. The first kappa shape index (κ1) is 29.7. The summed E-state index contributed by atoms with van der Waals surface area (Å²) >= 11 is 0. The van der Waals surface area contributed by atoms with E-state index in [1.54, 1.807) is 32.9 Å². The number of carbonyl (C=O) groups excluding carboxylic acids is 1. The Morgan fingerprint density at radius 1 is 1.24 bits per heavy atom. The van der Waals surface area contributed by atoms with Gasteiger partial charge >= 0.3 is 5.97 Å². The van der Waals surface area contributed by atoms with E-state index in [4.69, 9.17) is 14.2 Å². The highest BCUT2D eigenvalue weighted by Gasteiger charge is 2.35. The molecule has 3 rings (SSSR count). The molecule has 1 aromatic carbocycles. The lowest BCUT2D eigenvalue weighted by Gasteiger charge is -2.39. The summed E-state index contributed by atoms with van der Waals surface area (Å²) < 4.78 is 54.2. The van der Waals surface area contributed by atoms with Crippen LogP contribution in [0.25, 0.3) is 17.3 Å². The molecule has 38 heavy (non-hydrogen) atoms. The molecule has 11 heteroatoms. The highest BCUT2D eigenvalue weighted by Crippen LogP contribution is 2.33. The summed E-state index contributed by atoms with van der Waals surface area (Å²) in [5.41, 5.74) is 2.55. The van der Waals surface area contributed by atoms with Gasteiger partial charge in [-0.2, -0.15) is 0 Å². The Kier molecular flexibility index (Phi) is 9.61. The van der Waals surface area contributed by atoms with E-state index in [0.717, 1.165) is 6.26 Å². The molecule has 1 aliphatic rings. The van der Waals surface area contributed by atoms with Gasteiger partial charge in [-0.1, -0.05) is 26.0 Å². The summed E-state index contributed by atoms with van der Waals surface area (Å²) in [5, 5.41) is 2.79. The fourth-order valence-electron chi connectivity index (χ4n) is 4.19. The first-order valence-corrected chi connectivity index (χ1v) is 14.6. The average molecular weight is 550 g/mol. The van der Waals surface area contributed by atoms with Gasteiger partial charge in [-0.05, 0) is 51.0 Å². The molecule has 2 aromatic rings. The summed E-state index contributed by atoms with van der Waals surface area (Å²) in [7, 11) is -3.32. The van der Waals surface area contributed by atoms with E-state index in [1.165, 1.54) is 12.1 Å². The van der Waals surface area contributed by atoms with Crippen LogP contribution in [0, 0.1) is 5.82 Å². The van der Waals surface area contributed by atoms with E-state index in [-0.39, 0.29) is 48.2 Å². The zero-order chi connectivity index (χ0) is 28.1. The molecule has 1 N–H and O–H groups in total. The standard InChI is InChI=1S/C27H36FN3O6S/c1-7-35-23(32)15-21-14-20(36-27(4,5)37-21)12-13-22-24(17(2)3)30-26(29-16-38(6,33)34)31-25(22)18-8-10-19(28)11-9-18/h8-13,17,20-21H,7,14-16H2,1-6H3,(H,29,30,31)/t20-,21-/m1/s1. The molecule has 9 nitrogen and oxygen atoms in total. The van der Waals surface area contributed by atoms with Gasteiger partial charge in [-0.15, -0.1) is 0 Å². The molecule has 0 bridgehead atoms. The molecule has 1 fully saturated rings. The minimum Gasteiger partial charge on any atom is -0.466 e. The monoisotopic (exact) mass is 549 g/mol. The summed E-state index contributed by atoms with van der Waals surface area (Å²) in [6, 6.07) is 5.91. The van der Waals surface area contributed by atoms with E-state index in [1.807, 2.05) is 26.0 Å². The Hall–Kier alpha value is -2.89. The van der Waals surface area contributed by atoms with Gasteiger partial charge < -0.3 is 19.5 Å². The van der Waals surface area contributed by atoms with Crippen molar-refractivity contribution in [1.29, 1.82) is 0 Å². The van der Waals surface area contributed by atoms with Crippen LogP contribution < -0.4 is 5.32 Å². The van der Waals surface area contributed by atoms with Crippen molar-refractivity contribution in [2.45, 2.75) is 71.4 Å². The van der Waals surface area contributed by atoms with Crippen LogP contribution in [0.1, 0.15) is 64.6 Å². The summed E-state index contributed by atoms with van der Waals surface area (Å²) in [4.78, 5) is 21.3. The molecule has 0 amide bonds. The number of nitrogens with one attached hydrogen (secondary N) is 1. The fourth-order valence-corrected chi connectivity index (χ4v) is 4.59. The van der Waals surface area contributed by atoms with E-state index in [0.29, 0.717) is 35.5 Å². The molecule has 0 radical (unpaired) electrons. The van der Waals surface area contributed by atoms with Gasteiger partial charge in [0.1, 0.15) is 11.7 Å². The van der Waals surface area contributed by atoms with E-state index in [2.05, 4.69) is 15.3 Å². The van der Waals surface area contributed by atoms with Crippen molar-refractivity contribution in [3.05, 3.63) is 47.4 Å². The zero-order valence-corrected chi connectivity index (χ0v) is 23.5. The van der Waals surface area contributed by atoms with Crippen molar-refractivity contribution in [3.63, 3.8) is 0 Å². The van der Waals surface area contributed by atoms with Gasteiger partial charge in [0.05, 0.1) is 36.6 Å². The molecule has 0 aliphatic carbocycles. The number of sulfone groups is 1. The van der Waals surface area contributed by atoms with Crippen molar-refractivity contribution in [1.82, 2.24) is 9.97 Å². The third-order valence-electron chi connectivity index (χ3n) is 5.69. The lowest BCUT2D eigenvalue weighted by Crippen LogP contribution is -2.44. The van der Waals surface area contributed by atoms with Gasteiger partial charge in [0.15, 0.2) is 15.6 Å². The number of benzene rings is 1. The smallest absolute Gasteiger partial charge is 0.308 e. The van der Waals surface area contributed by atoms with Crippen LogP contribution in [0.5, 0.6) is 0 Å². The van der Waals surface area contributed by atoms with Gasteiger partial charge in [0.2, 0.25) is 5.95 Å². The predicted octanol–water partition coefficient (Wildman–Crippen LogP) is 4.70. The second-order valence-corrected chi connectivity index (χ2v) is 12.1. The van der Waals surface area contributed by atoms with Gasteiger partial charge in [0, 0.05) is 23.8 Å². The van der Waals surface area contributed by atoms with Gasteiger partial charge in [0.25, 0.3) is 0 Å². The summed E-state index contributed by atoms with van der Waals surface area (Å²) in [6.45, 7) is 9.58. The number of hydrogen-bond donors (Lipinski definition) is 1. The minimum absolute atomic E-state index is 0.0424. The molecule has 1 saturated heterocycles. The molecule has 0 unspecified atom stereocenters. The molecular weight excluding hydrogens is 513 g/mol. The van der Waals surface area contributed by atoms with Crippen LogP contribution >= 0.6 is 0 Å². The van der Waals surface area contributed by atoms with E-state index in [9.17, 15) is 17.6 Å². The maximum atomic E-state index is 13.7. The zero-order valence-electron chi connectivity index (χ0n) is 22.7. The first-order valence-electron chi connectivity index (χ1n) is 12.5. The van der Waals surface area contributed by atoms with E-state index >= 15 is 0 Å². The third-order valence-corrected chi connectivity index (χ3v) is 6.36. The second kappa shape index (κ2) is 12.3. The molecule has 2 heterocycles. The van der Waals surface area contributed by atoms with Crippen LogP contribution in [-0.2, 0) is 28.8 Å². The van der Waals surface area contributed by atoms with Crippen molar-refractivity contribution >= 4 is 27.8 Å². The number of hydrogen-bond acceptors (Lipinski definition) is 9. The first-order chi connectivity index (χ1) is 17.8. The molecule has 1 aliphatic heterocycles. The Bertz CT molecular complexity index is 1260. The van der Waals surface area contributed by atoms with Crippen LogP contribution in [0.15, 0.2) is 30.3 Å². The number of nitrogens with zero attached hydrogens (tertiary/aromatic N) is 2. The minimum atomic E-state index is -3.32. The highest BCUT2D eigenvalue weighted by atomic mass is 32.2. The number of esters is 1. The van der Waals surface area contributed by atoms with Crippen LogP contribution in [0.3, 0.4) is 0 Å². The summed E-state index contributed by atoms with van der Waals surface area (Å²) in [6.07, 6.45) is 4.66. The Morgan fingerprint density at radius 2 is 1.92 bits per heavy atom. The molecule has 0 saturated carbocycles. The lowest BCUT2D eigenvalue weighted by atomic mass is 9.97. The Morgan fingerprint density at radius 3 is 2.53 bits per heavy atom. The molecule has 1 aromatic heterocycles. The van der Waals surface area contributed by atoms with Gasteiger partial charge in [-0.3, -0.25) is 4.79 Å². The van der Waals surface area contributed by atoms with Gasteiger partial charge in [-0.25, -0.2) is 22.8 Å². The molecule has 0 spiro atoms. The van der Waals surface area contributed by atoms with Crippen molar-refractivity contribution in [2.24, 2.45) is 0 Å². The van der Waals surface area contributed by atoms with E-state index < -0.39 is 15.6 Å². The number of rotatable bonds is 10. The number of anilines is 1. The predicted molar refractivity (Wildman–Crippen MR) is 144 cm³/mol. The fraction of sp³-hybridized carbons (Fsp3) is 0.519. The average Bonchev–Trinajstić information content (AvgIpc) is 2.80. The Labute approximate surface area is 223 Å². The quantitative estimate of drug-likeness (QED) is 0.421. The van der Waals surface area contributed by atoms with Crippen LogP contribution in [-0.4, -0.2) is 61.1 Å². The largest absolute Gasteiger partial charge is 0.466 e. The van der Waals surface area contributed by atoms with Crippen LogP contribution in [0.4, 0.5) is 10.3 Å². The number of halogens is 1. The summed E-state index contributed by atoms with van der Waals surface area (Å²) in [5.74, 6) is -1.84. The second-order valence-electron chi connectivity index (χ2n) is 10.0. The normalized spacial score (nSPS) is 19.6. The highest BCUT2D eigenvalue weighted by molar-refractivity contribution is 7.90. The van der Waals surface area contributed by atoms with Crippen molar-refractivity contribution in [3.8, 4) is 11.3 Å².